The zero-order valence-electron chi connectivity index (χ0n) is 29.8. The standard InChI is InChI=1S/C32H42F2N8O4S.C2HF3O2/c1-20-16-25-27(40(2)39-29(25)24-5-6-28(43)38-30(24)44)17-26(20)41-11-7-21(8-12-41)4-3-15-47(45)42-13-9-22(10-14-42)37-32-35-18-23(19-36-32)46-31(33)34;3-2(4,5)1(6)7/h16-19,21-22,24,31H,3-15H2,1-2H3,(H,35,36,37)(H,38,43,44);(H,6,7). The lowest BCUT2D eigenvalue weighted by molar-refractivity contribution is -0.192. The van der Waals surface area contributed by atoms with Gasteiger partial charge < -0.3 is 20.1 Å². The molecule has 54 heavy (non-hydrogen) atoms. The van der Waals surface area contributed by atoms with Crippen molar-refractivity contribution in [2.75, 3.05) is 42.1 Å². The number of anilines is 2. The number of alkyl halides is 5. The van der Waals surface area contributed by atoms with Crippen molar-refractivity contribution in [2.24, 2.45) is 13.0 Å². The van der Waals surface area contributed by atoms with E-state index in [-0.39, 0.29) is 23.6 Å². The molecule has 1 aromatic carbocycles. The summed E-state index contributed by atoms with van der Waals surface area (Å²) in [6.07, 6.45) is 3.93. The number of halogens is 5. The highest BCUT2D eigenvalue weighted by molar-refractivity contribution is 7.82. The number of amides is 2. The van der Waals surface area contributed by atoms with E-state index in [1.807, 2.05) is 16.0 Å². The summed E-state index contributed by atoms with van der Waals surface area (Å²) in [5.74, 6) is -2.11. The number of piperidine rings is 3. The normalized spacial score (nSPS) is 19.7. The van der Waals surface area contributed by atoms with E-state index in [1.165, 1.54) is 18.1 Å². The second-order valence-electron chi connectivity index (χ2n) is 13.5. The number of aryl methyl sites for hydroxylation is 2. The summed E-state index contributed by atoms with van der Waals surface area (Å²) in [5.41, 5.74) is 4.06. The van der Waals surface area contributed by atoms with Crippen LogP contribution in [0.25, 0.3) is 10.9 Å². The maximum Gasteiger partial charge on any atom is 0.490 e. The lowest BCUT2D eigenvalue weighted by atomic mass is 9.91. The average Bonchev–Trinajstić information content (AvgIpc) is 3.43. The van der Waals surface area contributed by atoms with Crippen LogP contribution >= 0.6 is 0 Å². The highest BCUT2D eigenvalue weighted by Gasteiger charge is 2.38. The fourth-order valence-electron chi connectivity index (χ4n) is 7.01. The van der Waals surface area contributed by atoms with Crippen molar-refractivity contribution in [3.63, 3.8) is 0 Å². The van der Waals surface area contributed by atoms with E-state index in [9.17, 15) is 35.8 Å². The molecule has 0 aliphatic carbocycles. The summed E-state index contributed by atoms with van der Waals surface area (Å²) < 4.78 is 77.6. The van der Waals surface area contributed by atoms with E-state index in [0.717, 1.165) is 73.8 Å². The van der Waals surface area contributed by atoms with Crippen LogP contribution in [0.4, 0.5) is 33.6 Å². The van der Waals surface area contributed by atoms with Gasteiger partial charge in [-0.1, -0.05) is 0 Å². The third kappa shape index (κ3) is 10.6. The Balaban J connectivity index is 0.000000730. The van der Waals surface area contributed by atoms with Crippen LogP contribution in [0.15, 0.2) is 24.5 Å². The smallest absolute Gasteiger partial charge is 0.475 e. The quantitative estimate of drug-likeness (QED) is 0.182. The summed E-state index contributed by atoms with van der Waals surface area (Å²) in [6, 6.07) is 4.45. The Labute approximate surface area is 310 Å². The Kier molecular flexibility index (Phi) is 13.4. The third-order valence-electron chi connectivity index (χ3n) is 9.82. The number of carbonyl (C=O) groups excluding carboxylic acids is 2. The fourth-order valence-corrected chi connectivity index (χ4v) is 8.30. The van der Waals surface area contributed by atoms with Crippen LogP contribution in [0.5, 0.6) is 5.75 Å². The van der Waals surface area contributed by atoms with Gasteiger partial charge in [0.2, 0.25) is 17.8 Å². The second kappa shape index (κ2) is 17.8. The van der Waals surface area contributed by atoms with Gasteiger partial charge in [-0.3, -0.25) is 19.6 Å². The summed E-state index contributed by atoms with van der Waals surface area (Å²) in [4.78, 5) is 43.6. The zero-order chi connectivity index (χ0) is 39.2. The molecule has 3 fully saturated rings. The van der Waals surface area contributed by atoms with Gasteiger partial charge in [0.1, 0.15) is 0 Å². The van der Waals surface area contributed by atoms with Crippen molar-refractivity contribution in [2.45, 2.75) is 83.0 Å². The molecule has 0 saturated carbocycles. The largest absolute Gasteiger partial charge is 0.490 e. The van der Waals surface area contributed by atoms with Gasteiger partial charge in [-0.2, -0.15) is 27.1 Å². The Morgan fingerprint density at radius 3 is 2.31 bits per heavy atom. The predicted molar refractivity (Wildman–Crippen MR) is 188 cm³/mol. The van der Waals surface area contributed by atoms with Crippen molar-refractivity contribution < 1.29 is 50.4 Å². The highest BCUT2D eigenvalue weighted by atomic mass is 32.2. The number of fused-ring (bicyclic) bond motifs is 1. The number of hydrogen-bond donors (Lipinski definition) is 3. The minimum absolute atomic E-state index is 0.0810. The van der Waals surface area contributed by atoms with Gasteiger partial charge in [-0.15, -0.1) is 0 Å². The number of aromatic nitrogens is 4. The molecule has 3 aromatic rings. The molecule has 0 spiro atoms. The number of imide groups is 1. The monoisotopic (exact) mass is 786 g/mol. The Hall–Kier alpha value is -4.46. The second-order valence-corrected chi connectivity index (χ2v) is 15.1. The molecule has 6 rings (SSSR count). The predicted octanol–water partition coefficient (Wildman–Crippen LogP) is 4.66. The molecule has 5 heterocycles. The summed E-state index contributed by atoms with van der Waals surface area (Å²) in [7, 11) is 0.888. The summed E-state index contributed by atoms with van der Waals surface area (Å²) >= 11 is 0. The van der Waals surface area contributed by atoms with Crippen molar-refractivity contribution in [3.8, 4) is 5.75 Å². The lowest BCUT2D eigenvalue weighted by Gasteiger charge is -2.35. The number of carboxylic acid groups (broad SMARTS) is 1. The fraction of sp³-hybridized carbons (Fsp3) is 0.588. The Bertz CT molecular complexity index is 1810. The van der Waals surface area contributed by atoms with Crippen molar-refractivity contribution in [3.05, 3.63) is 35.8 Å². The molecule has 14 nitrogen and oxygen atoms in total. The van der Waals surface area contributed by atoms with E-state index in [0.29, 0.717) is 43.6 Å². The topological polar surface area (TPSA) is 172 Å². The molecular formula is C34H43F5N8O6S. The molecular weight excluding hydrogens is 743 g/mol. The molecule has 2 amide bonds. The number of benzene rings is 1. The van der Waals surface area contributed by atoms with Gasteiger partial charge in [0, 0.05) is 62.5 Å². The molecule has 2 atom stereocenters. The first-order chi connectivity index (χ1) is 25.6. The molecule has 3 aliphatic heterocycles. The van der Waals surface area contributed by atoms with Crippen LogP contribution in [0.1, 0.15) is 68.5 Å². The van der Waals surface area contributed by atoms with Crippen LogP contribution < -0.4 is 20.3 Å². The zero-order valence-corrected chi connectivity index (χ0v) is 30.6. The third-order valence-corrected chi connectivity index (χ3v) is 11.4. The maximum atomic E-state index is 13.0. The van der Waals surface area contributed by atoms with Crippen molar-refractivity contribution in [1.82, 2.24) is 29.4 Å². The SMILES string of the molecule is Cc1cc2c(C3CCC(=O)NC3=O)nn(C)c2cc1N1CCC(CCCS(=O)N2CCC(Nc3ncc(OC(F)F)cn3)CC2)CC1.O=C(O)C(F)(F)F. The Morgan fingerprint density at radius 2 is 1.72 bits per heavy atom. The van der Waals surface area contributed by atoms with Crippen LogP contribution in [-0.4, -0.2) is 102 Å². The first kappa shape index (κ1) is 40.7. The number of carbonyl (C=O) groups is 3. The molecule has 3 N–H and O–H groups in total. The van der Waals surface area contributed by atoms with E-state index in [1.54, 1.807) is 0 Å². The number of nitrogens with zero attached hydrogens (tertiary/aromatic N) is 6. The first-order valence-corrected chi connectivity index (χ1v) is 18.9. The molecule has 0 radical (unpaired) electrons. The van der Waals surface area contributed by atoms with E-state index >= 15 is 0 Å². The molecule has 2 unspecified atom stereocenters. The molecule has 3 aliphatic rings. The molecule has 20 heteroatoms. The van der Waals surface area contributed by atoms with Gasteiger partial charge in [-0.05, 0) is 75.5 Å². The van der Waals surface area contributed by atoms with Crippen molar-refractivity contribution >= 4 is 51.3 Å². The van der Waals surface area contributed by atoms with Crippen molar-refractivity contribution in [1.29, 1.82) is 0 Å². The van der Waals surface area contributed by atoms with Gasteiger partial charge in [0.15, 0.2) is 5.75 Å². The first-order valence-electron chi connectivity index (χ1n) is 17.6. The minimum Gasteiger partial charge on any atom is -0.475 e. The average molecular weight is 787 g/mol. The molecule has 0 bridgehead atoms. The van der Waals surface area contributed by atoms with Crippen LogP contribution in [0.3, 0.4) is 0 Å². The number of carboxylic acids is 1. The van der Waals surface area contributed by atoms with E-state index < -0.39 is 35.7 Å². The van der Waals surface area contributed by atoms with Crippen LogP contribution in [-0.2, 0) is 32.4 Å². The number of nitrogens with one attached hydrogen (secondary N) is 2. The summed E-state index contributed by atoms with van der Waals surface area (Å²) in [5, 5.41) is 18.5. The number of rotatable bonds is 11. The van der Waals surface area contributed by atoms with Gasteiger partial charge in [0.05, 0.1) is 40.5 Å². The Morgan fingerprint density at radius 1 is 1.07 bits per heavy atom. The van der Waals surface area contributed by atoms with Gasteiger partial charge in [0.25, 0.3) is 0 Å². The number of ether oxygens (including phenoxy) is 1. The van der Waals surface area contributed by atoms with Crippen LogP contribution in [0.2, 0.25) is 0 Å². The van der Waals surface area contributed by atoms with E-state index in [4.69, 9.17) is 15.0 Å². The van der Waals surface area contributed by atoms with Gasteiger partial charge >= 0.3 is 18.8 Å². The number of hydrogen-bond acceptors (Lipinski definition) is 10. The molecule has 3 saturated heterocycles. The highest BCUT2D eigenvalue weighted by Crippen LogP contribution is 2.36. The minimum atomic E-state index is -5.08. The number of aliphatic carboxylic acids is 1. The summed E-state index contributed by atoms with van der Waals surface area (Å²) in [6.45, 7) is 2.55. The van der Waals surface area contributed by atoms with Gasteiger partial charge in [-0.25, -0.2) is 23.3 Å². The molecule has 296 valence electrons. The lowest BCUT2D eigenvalue weighted by Crippen LogP contribution is -2.41. The molecule has 2 aromatic heterocycles. The van der Waals surface area contributed by atoms with Crippen LogP contribution in [0, 0.1) is 12.8 Å². The maximum absolute atomic E-state index is 13.0. The van der Waals surface area contributed by atoms with E-state index in [2.05, 4.69) is 49.3 Å².